The summed E-state index contributed by atoms with van der Waals surface area (Å²) in [6, 6.07) is 2.41. The molecule has 0 saturated carbocycles. The lowest BCUT2D eigenvalue weighted by atomic mass is 10.00. The molecule has 1 rings (SSSR count). The van der Waals surface area contributed by atoms with E-state index in [0.29, 0.717) is 24.1 Å². The number of methoxy groups -OCH3 is 1. The summed E-state index contributed by atoms with van der Waals surface area (Å²) in [7, 11) is 1.23. The SMILES string of the molecule is C=CCC/C=C/C(Cc1cc(O)cc(O)c1C(=O)OCCC)=N\OCC(=O)OC. The number of benzene rings is 1. The van der Waals surface area contributed by atoms with Crippen LogP contribution in [0.4, 0.5) is 0 Å². The number of oxime groups is 1. The molecule has 0 fully saturated rings. The number of phenolic OH excluding ortho intramolecular Hbond substituents is 2. The molecule has 0 amide bonds. The molecule has 0 heterocycles. The van der Waals surface area contributed by atoms with E-state index in [0.717, 1.165) is 12.5 Å². The van der Waals surface area contributed by atoms with Gasteiger partial charge in [-0.2, -0.15) is 0 Å². The van der Waals surface area contributed by atoms with E-state index in [1.54, 1.807) is 12.2 Å². The first-order valence-corrected chi connectivity index (χ1v) is 9.17. The van der Waals surface area contributed by atoms with Gasteiger partial charge in [0.15, 0.2) is 0 Å². The van der Waals surface area contributed by atoms with Gasteiger partial charge in [-0.05, 0) is 37.0 Å². The van der Waals surface area contributed by atoms with E-state index in [1.165, 1.54) is 13.2 Å². The van der Waals surface area contributed by atoms with Crippen molar-refractivity contribution in [3.8, 4) is 11.5 Å². The van der Waals surface area contributed by atoms with Crippen LogP contribution in [0.5, 0.6) is 11.5 Å². The lowest BCUT2D eigenvalue weighted by molar-refractivity contribution is -0.145. The van der Waals surface area contributed by atoms with Crippen molar-refractivity contribution < 1.29 is 34.1 Å². The van der Waals surface area contributed by atoms with Gasteiger partial charge in [0.05, 0.1) is 19.4 Å². The van der Waals surface area contributed by atoms with Crippen molar-refractivity contribution >= 4 is 17.7 Å². The Bertz CT molecular complexity index is 769. The highest BCUT2D eigenvalue weighted by Crippen LogP contribution is 2.29. The summed E-state index contributed by atoms with van der Waals surface area (Å²) in [6.45, 7) is 5.32. The number of esters is 2. The van der Waals surface area contributed by atoms with Crippen LogP contribution in [-0.4, -0.2) is 48.2 Å². The number of carbonyl (C=O) groups is 2. The van der Waals surface area contributed by atoms with E-state index in [2.05, 4.69) is 16.5 Å². The molecule has 0 atom stereocenters. The van der Waals surface area contributed by atoms with Crippen molar-refractivity contribution in [1.82, 2.24) is 0 Å². The predicted octanol–water partition coefficient (Wildman–Crippen LogP) is 3.28. The fourth-order valence-electron chi connectivity index (χ4n) is 2.29. The van der Waals surface area contributed by atoms with Gasteiger partial charge in [-0.15, -0.1) is 6.58 Å². The van der Waals surface area contributed by atoms with E-state index in [9.17, 15) is 19.8 Å². The fraction of sp³-hybridized carbons (Fsp3) is 0.381. The number of phenols is 2. The van der Waals surface area contributed by atoms with Gasteiger partial charge < -0.3 is 24.5 Å². The fourth-order valence-corrected chi connectivity index (χ4v) is 2.29. The van der Waals surface area contributed by atoms with E-state index < -0.39 is 17.7 Å². The number of rotatable bonds is 12. The number of unbranched alkanes of at least 4 members (excludes halogenated alkanes) is 1. The summed E-state index contributed by atoms with van der Waals surface area (Å²) in [4.78, 5) is 28.6. The highest BCUT2D eigenvalue weighted by molar-refractivity contribution is 6.00. The highest BCUT2D eigenvalue weighted by atomic mass is 16.6. The molecule has 0 radical (unpaired) electrons. The number of ether oxygens (including phenoxy) is 2. The molecule has 8 heteroatoms. The minimum absolute atomic E-state index is 0.0459. The van der Waals surface area contributed by atoms with Gasteiger partial charge in [0.1, 0.15) is 17.1 Å². The molecule has 158 valence electrons. The van der Waals surface area contributed by atoms with Gasteiger partial charge in [0, 0.05) is 12.5 Å². The van der Waals surface area contributed by atoms with E-state index in [1.807, 2.05) is 13.0 Å². The van der Waals surface area contributed by atoms with Crippen molar-refractivity contribution in [3.63, 3.8) is 0 Å². The standard InChI is InChI=1S/C21H27NO7/c1-4-6-7-8-9-16(22-29-14-19(25)27-3)11-15-12-17(23)13-18(24)20(15)21(26)28-10-5-2/h4,8-9,12-13,23-24H,1,5-7,10-11,14H2,2-3H3/b9-8+,22-16+. The molecule has 0 saturated heterocycles. The maximum Gasteiger partial charge on any atom is 0.346 e. The van der Waals surface area contributed by atoms with Crippen LogP contribution >= 0.6 is 0 Å². The molecule has 29 heavy (non-hydrogen) atoms. The molecule has 8 nitrogen and oxygen atoms in total. The molecule has 0 aliphatic rings. The van der Waals surface area contributed by atoms with Crippen molar-refractivity contribution in [2.24, 2.45) is 5.16 Å². The Morgan fingerprint density at radius 1 is 1.24 bits per heavy atom. The largest absolute Gasteiger partial charge is 0.508 e. The maximum absolute atomic E-state index is 12.4. The summed E-state index contributed by atoms with van der Waals surface area (Å²) >= 11 is 0. The van der Waals surface area contributed by atoms with Crippen molar-refractivity contribution in [1.29, 1.82) is 0 Å². The van der Waals surface area contributed by atoms with Crippen LogP contribution in [0.25, 0.3) is 0 Å². The van der Waals surface area contributed by atoms with Crippen LogP contribution in [0, 0.1) is 0 Å². The Morgan fingerprint density at radius 2 is 2.00 bits per heavy atom. The summed E-state index contributed by atoms with van der Waals surface area (Å²) in [5.41, 5.74) is 0.612. The van der Waals surface area contributed by atoms with Crippen LogP contribution in [0.3, 0.4) is 0 Å². The summed E-state index contributed by atoms with van der Waals surface area (Å²) in [5.74, 6) is -1.91. The molecule has 0 aliphatic carbocycles. The zero-order valence-corrected chi connectivity index (χ0v) is 16.7. The smallest absolute Gasteiger partial charge is 0.346 e. The molecular weight excluding hydrogens is 378 g/mol. The quantitative estimate of drug-likeness (QED) is 0.180. The Morgan fingerprint density at radius 3 is 2.66 bits per heavy atom. The summed E-state index contributed by atoms with van der Waals surface area (Å²) in [5, 5.41) is 23.9. The van der Waals surface area contributed by atoms with Gasteiger partial charge in [-0.1, -0.05) is 24.2 Å². The average molecular weight is 405 g/mol. The zero-order valence-electron chi connectivity index (χ0n) is 16.7. The Labute approximate surface area is 170 Å². The van der Waals surface area contributed by atoms with Gasteiger partial charge in [0.25, 0.3) is 0 Å². The Hall–Kier alpha value is -3.29. The van der Waals surface area contributed by atoms with Crippen LogP contribution in [-0.2, 0) is 25.5 Å². The van der Waals surface area contributed by atoms with Gasteiger partial charge in [0.2, 0.25) is 6.61 Å². The predicted molar refractivity (Wildman–Crippen MR) is 108 cm³/mol. The minimum atomic E-state index is -0.704. The Balaban J connectivity index is 3.16. The molecule has 0 aromatic heterocycles. The van der Waals surface area contributed by atoms with Crippen LogP contribution in [0.2, 0.25) is 0 Å². The lowest BCUT2D eigenvalue weighted by Crippen LogP contribution is -2.13. The number of carbonyl (C=O) groups excluding carboxylic acids is 2. The van der Waals surface area contributed by atoms with Crippen LogP contribution < -0.4 is 0 Å². The first-order chi connectivity index (χ1) is 13.9. The minimum Gasteiger partial charge on any atom is -0.508 e. The normalized spacial score (nSPS) is 11.3. The van der Waals surface area contributed by atoms with Gasteiger partial charge >= 0.3 is 11.9 Å². The third kappa shape index (κ3) is 8.50. The second-order valence-electron chi connectivity index (χ2n) is 6.01. The molecule has 2 N–H and O–H groups in total. The molecule has 0 spiro atoms. The maximum atomic E-state index is 12.4. The third-order valence-electron chi connectivity index (χ3n) is 3.64. The Kier molecular flexibility index (Phi) is 10.6. The first-order valence-electron chi connectivity index (χ1n) is 9.17. The second kappa shape index (κ2) is 13.0. The molecule has 1 aromatic rings. The number of nitrogens with zero attached hydrogens (tertiary/aromatic N) is 1. The van der Waals surface area contributed by atoms with Crippen LogP contribution in [0.1, 0.15) is 42.1 Å². The monoisotopic (exact) mass is 405 g/mol. The van der Waals surface area contributed by atoms with Crippen molar-refractivity contribution in [2.75, 3.05) is 20.3 Å². The number of aromatic hydroxyl groups is 2. The molecule has 0 bridgehead atoms. The first kappa shape index (κ1) is 23.7. The molecule has 0 aliphatic heterocycles. The highest BCUT2D eigenvalue weighted by Gasteiger charge is 2.20. The molecule has 0 unspecified atom stereocenters. The number of hydrogen-bond acceptors (Lipinski definition) is 8. The lowest BCUT2D eigenvalue weighted by Gasteiger charge is -2.12. The number of hydrogen-bond donors (Lipinski definition) is 2. The van der Waals surface area contributed by atoms with Crippen molar-refractivity contribution in [3.05, 3.63) is 48.1 Å². The van der Waals surface area contributed by atoms with Gasteiger partial charge in [-0.3, -0.25) is 0 Å². The average Bonchev–Trinajstić information content (AvgIpc) is 2.68. The second-order valence-corrected chi connectivity index (χ2v) is 6.01. The van der Waals surface area contributed by atoms with Gasteiger partial charge in [-0.25, -0.2) is 9.59 Å². The van der Waals surface area contributed by atoms with Crippen LogP contribution in [0.15, 0.2) is 42.1 Å². The zero-order chi connectivity index (χ0) is 21.6. The molecule has 1 aromatic carbocycles. The van der Waals surface area contributed by atoms with E-state index >= 15 is 0 Å². The summed E-state index contributed by atoms with van der Waals surface area (Å²) < 4.78 is 9.61. The topological polar surface area (TPSA) is 115 Å². The molecular formula is C21H27NO7. The van der Waals surface area contributed by atoms with E-state index in [-0.39, 0.29) is 30.9 Å². The van der Waals surface area contributed by atoms with Crippen molar-refractivity contribution in [2.45, 2.75) is 32.6 Å². The summed E-state index contributed by atoms with van der Waals surface area (Å²) in [6.07, 6.45) is 7.40. The third-order valence-corrected chi connectivity index (χ3v) is 3.64. The van der Waals surface area contributed by atoms with E-state index in [4.69, 9.17) is 9.57 Å². The number of allylic oxidation sites excluding steroid dienone is 3.